The molecule has 1 saturated carbocycles. The van der Waals surface area contributed by atoms with Crippen LogP contribution in [0, 0.1) is 0 Å². The summed E-state index contributed by atoms with van der Waals surface area (Å²) < 4.78 is 38.7. The predicted octanol–water partition coefficient (Wildman–Crippen LogP) is 2.82. The number of aliphatic hydroxyl groups is 1. The summed E-state index contributed by atoms with van der Waals surface area (Å²) in [6.07, 6.45) is -1.31. The minimum absolute atomic E-state index is 0.155. The maximum absolute atomic E-state index is 12.9. The third-order valence-electron chi connectivity index (χ3n) is 4.94. The van der Waals surface area contributed by atoms with Gasteiger partial charge in [0.2, 0.25) is 0 Å². The van der Waals surface area contributed by atoms with Crippen molar-refractivity contribution in [2.75, 3.05) is 6.54 Å². The van der Waals surface area contributed by atoms with Gasteiger partial charge in [-0.2, -0.15) is 13.2 Å². The predicted molar refractivity (Wildman–Crippen MR) is 77.0 cm³/mol. The average molecular weight is 314 g/mol. The molecule has 22 heavy (non-hydrogen) atoms. The molecule has 2 aliphatic rings. The lowest BCUT2D eigenvalue weighted by molar-refractivity contribution is -0.137. The Labute approximate surface area is 127 Å². The summed E-state index contributed by atoms with van der Waals surface area (Å²) >= 11 is 0. The molecule has 1 aromatic carbocycles. The molecule has 3 rings (SSSR count). The number of hydrogen-bond donors (Lipinski definition) is 2. The minimum atomic E-state index is -4.32. The van der Waals surface area contributed by atoms with Crippen LogP contribution in [0.15, 0.2) is 18.2 Å². The summed E-state index contributed by atoms with van der Waals surface area (Å²) in [7, 11) is 0. The molecule has 0 spiro atoms. The van der Waals surface area contributed by atoms with Gasteiger partial charge in [-0.25, -0.2) is 0 Å². The Kier molecular flexibility index (Phi) is 4.18. The van der Waals surface area contributed by atoms with Gasteiger partial charge >= 0.3 is 6.18 Å². The molecule has 0 bridgehead atoms. The maximum atomic E-state index is 12.9. The molecule has 1 aliphatic heterocycles. The van der Waals surface area contributed by atoms with E-state index < -0.39 is 11.7 Å². The Morgan fingerprint density at radius 2 is 1.86 bits per heavy atom. The number of alkyl halides is 3. The minimum Gasteiger partial charge on any atom is -0.393 e. The topological polar surface area (TPSA) is 49.5 Å². The van der Waals surface area contributed by atoms with E-state index in [1.807, 2.05) is 0 Å². The standard InChI is InChI=1S/C16H21F3N2O/c17-16(18,19)11-2-1-10-9-21(15(8-20)14(10)7-11)12-3-5-13(22)6-4-12/h1-2,7,12-13,15,22H,3-6,8-9,20H2. The number of nitrogens with zero attached hydrogens (tertiary/aromatic N) is 1. The van der Waals surface area contributed by atoms with E-state index in [2.05, 4.69) is 4.90 Å². The van der Waals surface area contributed by atoms with Crippen molar-refractivity contribution in [1.82, 2.24) is 4.90 Å². The van der Waals surface area contributed by atoms with Crippen molar-refractivity contribution < 1.29 is 18.3 Å². The highest BCUT2D eigenvalue weighted by Gasteiger charge is 2.38. The highest BCUT2D eigenvalue weighted by molar-refractivity contribution is 5.39. The summed E-state index contributed by atoms with van der Waals surface area (Å²) in [5, 5.41) is 9.62. The van der Waals surface area contributed by atoms with Gasteiger partial charge in [0.1, 0.15) is 0 Å². The number of hydrogen-bond acceptors (Lipinski definition) is 3. The van der Waals surface area contributed by atoms with E-state index in [1.165, 1.54) is 6.07 Å². The van der Waals surface area contributed by atoms with Crippen LogP contribution < -0.4 is 5.73 Å². The van der Waals surface area contributed by atoms with Gasteiger partial charge in [-0.15, -0.1) is 0 Å². The molecule has 0 radical (unpaired) electrons. The number of nitrogens with two attached hydrogens (primary N) is 1. The number of rotatable bonds is 2. The van der Waals surface area contributed by atoms with E-state index >= 15 is 0 Å². The quantitative estimate of drug-likeness (QED) is 0.882. The fourth-order valence-electron chi connectivity index (χ4n) is 3.75. The van der Waals surface area contributed by atoms with E-state index in [1.54, 1.807) is 6.07 Å². The van der Waals surface area contributed by atoms with Crippen LogP contribution in [0.25, 0.3) is 0 Å². The zero-order valence-electron chi connectivity index (χ0n) is 12.3. The second-order valence-electron chi connectivity index (χ2n) is 6.30. The summed E-state index contributed by atoms with van der Waals surface area (Å²) in [5.74, 6) is 0. The second kappa shape index (κ2) is 5.83. The Morgan fingerprint density at radius 1 is 1.18 bits per heavy atom. The number of aliphatic hydroxyl groups excluding tert-OH is 1. The first kappa shape index (κ1) is 15.8. The van der Waals surface area contributed by atoms with Crippen molar-refractivity contribution in [2.24, 2.45) is 5.73 Å². The molecule has 0 saturated heterocycles. The first-order valence-electron chi connectivity index (χ1n) is 7.74. The molecule has 1 aliphatic carbocycles. The monoisotopic (exact) mass is 314 g/mol. The van der Waals surface area contributed by atoms with Gasteiger partial charge < -0.3 is 10.8 Å². The Bertz CT molecular complexity index is 539. The van der Waals surface area contributed by atoms with Gasteiger partial charge in [0.15, 0.2) is 0 Å². The molecule has 3 N–H and O–H groups in total. The van der Waals surface area contributed by atoms with E-state index in [4.69, 9.17) is 5.73 Å². The van der Waals surface area contributed by atoms with Crippen molar-refractivity contribution in [3.05, 3.63) is 34.9 Å². The Hall–Kier alpha value is -1.11. The van der Waals surface area contributed by atoms with Crippen LogP contribution in [0.4, 0.5) is 13.2 Å². The van der Waals surface area contributed by atoms with Gasteiger partial charge in [-0.3, -0.25) is 4.90 Å². The lowest BCUT2D eigenvalue weighted by atomic mass is 9.91. The molecular weight excluding hydrogens is 293 g/mol. The van der Waals surface area contributed by atoms with Crippen molar-refractivity contribution >= 4 is 0 Å². The molecule has 1 fully saturated rings. The van der Waals surface area contributed by atoms with Gasteiger partial charge in [0.25, 0.3) is 0 Å². The van der Waals surface area contributed by atoms with Crippen LogP contribution in [-0.4, -0.2) is 28.7 Å². The molecule has 122 valence electrons. The molecule has 0 aromatic heterocycles. The second-order valence-corrected chi connectivity index (χ2v) is 6.30. The van der Waals surface area contributed by atoms with Crippen molar-refractivity contribution in [3.63, 3.8) is 0 Å². The van der Waals surface area contributed by atoms with Crippen LogP contribution in [0.1, 0.15) is 48.4 Å². The zero-order valence-corrected chi connectivity index (χ0v) is 12.3. The number of fused-ring (bicyclic) bond motifs is 1. The van der Waals surface area contributed by atoms with E-state index in [0.717, 1.165) is 37.3 Å². The molecule has 1 atom stereocenters. The van der Waals surface area contributed by atoms with Gasteiger partial charge in [0.05, 0.1) is 11.7 Å². The van der Waals surface area contributed by atoms with Crippen LogP contribution in [-0.2, 0) is 12.7 Å². The normalized spacial score (nSPS) is 29.6. The van der Waals surface area contributed by atoms with Gasteiger partial charge in [-0.05, 0) is 48.9 Å². The third kappa shape index (κ3) is 2.87. The maximum Gasteiger partial charge on any atom is 0.416 e. The Balaban J connectivity index is 1.85. The van der Waals surface area contributed by atoms with Crippen LogP contribution in [0.3, 0.4) is 0 Å². The fourth-order valence-corrected chi connectivity index (χ4v) is 3.75. The summed E-state index contributed by atoms with van der Waals surface area (Å²) in [4.78, 5) is 2.22. The zero-order chi connectivity index (χ0) is 15.9. The van der Waals surface area contributed by atoms with Crippen LogP contribution >= 0.6 is 0 Å². The van der Waals surface area contributed by atoms with Crippen molar-refractivity contribution in [2.45, 2.75) is 56.6 Å². The number of halogens is 3. The SMILES string of the molecule is NCC1c2cc(C(F)(F)F)ccc2CN1C1CCC(O)CC1. The van der Waals surface area contributed by atoms with E-state index in [9.17, 15) is 18.3 Å². The number of benzene rings is 1. The molecule has 0 amide bonds. The van der Waals surface area contributed by atoms with Crippen LogP contribution in [0.2, 0.25) is 0 Å². The molecule has 1 heterocycles. The molecule has 1 aromatic rings. The summed E-state index contributed by atoms with van der Waals surface area (Å²) in [6, 6.07) is 4.13. The molecule has 1 unspecified atom stereocenters. The largest absolute Gasteiger partial charge is 0.416 e. The van der Waals surface area contributed by atoms with Crippen molar-refractivity contribution in [3.8, 4) is 0 Å². The highest BCUT2D eigenvalue weighted by atomic mass is 19.4. The van der Waals surface area contributed by atoms with Gasteiger partial charge in [0, 0.05) is 25.2 Å². The third-order valence-corrected chi connectivity index (χ3v) is 4.94. The Morgan fingerprint density at radius 3 is 2.45 bits per heavy atom. The van der Waals surface area contributed by atoms with Crippen LogP contribution in [0.5, 0.6) is 0 Å². The molecule has 3 nitrogen and oxygen atoms in total. The smallest absolute Gasteiger partial charge is 0.393 e. The van der Waals surface area contributed by atoms with Crippen molar-refractivity contribution in [1.29, 1.82) is 0 Å². The van der Waals surface area contributed by atoms with Gasteiger partial charge in [-0.1, -0.05) is 6.07 Å². The summed E-state index contributed by atoms with van der Waals surface area (Å²) in [6.45, 7) is 0.962. The molecule has 6 heteroatoms. The lowest BCUT2D eigenvalue weighted by Gasteiger charge is -2.36. The molecular formula is C16H21F3N2O. The first-order chi connectivity index (χ1) is 10.4. The van der Waals surface area contributed by atoms with E-state index in [-0.39, 0.29) is 12.1 Å². The fraction of sp³-hybridized carbons (Fsp3) is 0.625. The average Bonchev–Trinajstić information content (AvgIpc) is 2.84. The summed E-state index contributed by atoms with van der Waals surface area (Å²) in [5.41, 5.74) is 6.90. The first-order valence-corrected chi connectivity index (χ1v) is 7.74. The van der Waals surface area contributed by atoms with E-state index in [0.29, 0.717) is 24.7 Å². The lowest BCUT2D eigenvalue weighted by Crippen LogP contribution is -2.40. The highest BCUT2D eigenvalue weighted by Crippen LogP contribution is 2.41.